The molecule has 22 heavy (non-hydrogen) atoms. The van der Waals surface area contributed by atoms with Crippen LogP contribution in [-0.2, 0) is 4.74 Å². The first-order valence-electron chi connectivity index (χ1n) is 7.17. The molecule has 0 fully saturated rings. The molecule has 1 aromatic carbocycles. The van der Waals surface area contributed by atoms with Gasteiger partial charge in [-0.05, 0) is 50.5 Å². The van der Waals surface area contributed by atoms with Gasteiger partial charge in [0, 0.05) is 13.1 Å². The third-order valence-corrected chi connectivity index (χ3v) is 3.31. The Kier molecular flexibility index (Phi) is 4.51. The fourth-order valence-corrected chi connectivity index (χ4v) is 2.30. The SMILES string of the molecule is CC(C)(C)OC(=O)N1CC=C(c2ccc(F)cc2C#N)CC1. The van der Waals surface area contributed by atoms with Crippen molar-refractivity contribution in [3.63, 3.8) is 0 Å². The number of carbonyl (C=O) groups is 1. The van der Waals surface area contributed by atoms with Crippen LogP contribution in [0.5, 0.6) is 0 Å². The second-order valence-electron chi connectivity index (χ2n) is 6.21. The van der Waals surface area contributed by atoms with Gasteiger partial charge in [-0.15, -0.1) is 0 Å². The number of carbonyl (C=O) groups excluding carboxylic acids is 1. The van der Waals surface area contributed by atoms with Crippen LogP contribution in [0, 0.1) is 17.1 Å². The Bertz CT molecular complexity index is 654. The Hall–Kier alpha value is -2.35. The normalized spacial score (nSPS) is 15.0. The first-order chi connectivity index (χ1) is 10.3. The van der Waals surface area contributed by atoms with E-state index >= 15 is 0 Å². The first kappa shape index (κ1) is 16.0. The molecule has 0 saturated heterocycles. The quantitative estimate of drug-likeness (QED) is 0.794. The molecule has 1 aliphatic heterocycles. The summed E-state index contributed by atoms with van der Waals surface area (Å²) < 4.78 is 18.5. The number of nitriles is 1. The summed E-state index contributed by atoms with van der Waals surface area (Å²) in [5, 5.41) is 9.11. The van der Waals surface area contributed by atoms with Crippen LogP contribution in [0.15, 0.2) is 24.3 Å². The van der Waals surface area contributed by atoms with Gasteiger partial charge in [0.25, 0.3) is 0 Å². The number of hydrogen-bond donors (Lipinski definition) is 0. The molecule has 1 aromatic rings. The van der Waals surface area contributed by atoms with Crippen molar-refractivity contribution in [2.45, 2.75) is 32.8 Å². The second-order valence-corrected chi connectivity index (χ2v) is 6.21. The lowest BCUT2D eigenvalue weighted by molar-refractivity contribution is 0.0270. The summed E-state index contributed by atoms with van der Waals surface area (Å²) in [4.78, 5) is 13.6. The zero-order valence-electron chi connectivity index (χ0n) is 13.0. The fraction of sp³-hybridized carbons (Fsp3) is 0.412. The topological polar surface area (TPSA) is 53.3 Å². The highest BCUT2D eigenvalue weighted by atomic mass is 19.1. The van der Waals surface area contributed by atoms with Crippen molar-refractivity contribution in [3.8, 4) is 6.07 Å². The molecular weight excluding hydrogens is 283 g/mol. The van der Waals surface area contributed by atoms with E-state index in [0.717, 1.165) is 11.1 Å². The number of hydrogen-bond acceptors (Lipinski definition) is 3. The van der Waals surface area contributed by atoms with Gasteiger partial charge in [0.15, 0.2) is 0 Å². The average Bonchev–Trinajstić information content (AvgIpc) is 2.45. The summed E-state index contributed by atoms with van der Waals surface area (Å²) in [5.74, 6) is -0.424. The number of ether oxygens (including phenoxy) is 1. The minimum Gasteiger partial charge on any atom is -0.444 e. The maximum atomic E-state index is 13.2. The molecule has 1 amide bonds. The van der Waals surface area contributed by atoms with E-state index in [-0.39, 0.29) is 6.09 Å². The molecule has 0 saturated carbocycles. The van der Waals surface area contributed by atoms with Gasteiger partial charge in [0.1, 0.15) is 11.4 Å². The summed E-state index contributed by atoms with van der Waals surface area (Å²) in [6.07, 6.45) is 2.16. The van der Waals surface area contributed by atoms with Gasteiger partial charge < -0.3 is 9.64 Å². The van der Waals surface area contributed by atoms with Crippen molar-refractivity contribution < 1.29 is 13.9 Å². The molecule has 0 atom stereocenters. The zero-order chi connectivity index (χ0) is 16.3. The Balaban J connectivity index is 2.13. The van der Waals surface area contributed by atoms with Gasteiger partial charge in [-0.1, -0.05) is 12.1 Å². The van der Waals surface area contributed by atoms with Crippen molar-refractivity contribution in [1.29, 1.82) is 5.26 Å². The highest BCUT2D eigenvalue weighted by Gasteiger charge is 2.24. The average molecular weight is 302 g/mol. The van der Waals surface area contributed by atoms with Gasteiger partial charge in [-0.25, -0.2) is 9.18 Å². The summed E-state index contributed by atoms with van der Waals surface area (Å²) in [6, 6.07) is 6.20. The summed E-state index contributed by atoms with van der Waals surface area (Å²) in [7, 11) is 0. The number of amides is 1. The molecule has 0 aromatic heterocycles. The number of nitrogens with zero attached hydrogens (tertiary/aromatic N) is 2. The van der Waals surface area contributed by atoms with Crippen LogP contribution in [0.2, 0.25) is 0 Å². The predicted octanol–water partition coefficient (Wildman–Crippen LogP) is 3.72. The molecule has 2 rings (SSSR count). The van der Waals surface area contributed by atoms with E-state index in [1.54, 1.807) is 11.0 Å². The van der Waals surface area contributed by atoms with Crippen molar-refractivity contribution in [3.05, 3.63) is 41.2 Å². The molecule has 0 unspecified atom stereocenters. The zero-order valence-corrected chi connectivity index (χ0v) is 13.0. The van der Waals surface area contributed by atoms with Crippen molar-refractivity contribution in [2.24, 2.45) is 0 Å². The summed E-state index contributed by atoms with van der Waals surface area (Å²) in [6.45, 7) is 6.42. The largest absolute Gasteiger partial charge is 0.444 e. The number of rotatable bonds is 1. The van der Waals surface area contributed by atoms with E-state index in [1.165, 1.54) is 12.1 Å². The monoisotopic (exact) mass is 302 g/mol. The van der Waals surface area contributed by atoms with Crippen LogP contribution in [0.25, 0.3) is 5.57 Å². The molecule has 1 heterocycles. The molecule has 1 aliphatic rings. The van der Waals surface area contributed by atoms with Gasteiger partial charge in [0.2, 0.25) is 0 Å². The maximum Gasteiger partial charge on any atom is 0.410 e. The molecule has 0 spiro atoms. The fourth-order valence-electron chi connectivity index (χ4n) is 2.30. The summed E-state index contributed by atoms with van der Waals surface area (Å²) in [5.41, 5.74) is 1.48. The molecule has 0 aliphatic carbocycles. The standard InChI is InChI=1S/C17H19FN2O2/c1-17(2,3)22-16(21)20-8-6-12(7-9-20)15-5-4-14(18)10-13(15)11-19/h4-6,10H,7-9H2,1-3H3. The maximum absolute atomic E-state index is 13.2. The molecule has 4 nitrogen and oxygen atoms in total. The lowest BCUT2D eigenvalue weighted by Gasteiger charge is -2.29. The van der Waals surface area contributed by atoms with Crippen LogP contribution in [0.1, 0.15) is 38.3 Å². The summed E-state index contributed by atoms with van der Waals surface area (Å²) >= 11 is 0. The third-order valence-electron chi connectivity index (χ3n) is 3.31. The number of benzene rings is 1. The Morgan fingerprint density at radius 2 is 2.14 bits per heavy atom. The van der Waals surface area contributed by atoms with E-state index in [1.807, 2.05) is 32.9 Å². The number of halogens is 1. The molecule has 0 radical (unpaired) electrons. The van der Waals surface area contributed by atoms with Crippen molar-refractivity contribution in [2.75, 3.05) is 13.1 Å². The van der Waals surface area contributed by atoms with Crippen LogP contribution in [0.4, 0.5) is 9.18 Å². The van der Waals surface area contributed by atoms with Crippen LogP contribution in [-0.4, -0.2) is 29.7 Å². The lowest BCUT2D eigenvalue weighted by Crippen LogP contribution is -2.39. The van der Waals surface area contributed by atoms with Gasteiger partial charge >= 0.3 is 6.09 Å². The lowest BCUT2D eigenvalue weighted by atomic mass is 9.95. The first-order valence-corrected chi connectivity index (χ1v) is 7.17. The van der Waals surface area contributed by atoms with Crippen LogP contribution >= 0.6 is 0 Å². The predicted molar refractivity (Wildman–Crippen MR) is 81.5 cm³/mol. The van der Waals surface area contributed by atoms with Crippen LogP contribution < -0.4 is 0 Å². The Morgan fingerprint density at radius 3 is 2.68 bits per heavy atom. The molecule has 0 N–H and O–H groups in total. The minimum atomic E-state index is -0.522. The van der Waals surface area contributed by atoms with Gasteiger partial charge in [-0.3, -0.25) is 0 Å². The molecule has 0 bridgehead atoms. The Labute approximate surface area is 129 Å². The van der Waals surface area contributed by atoms with E-state index < -0.39 is 11.4 Å². The van der Waals surface area contributed by atoms with Crippen LogP contribution in [0.3, 0.4) is 0 Å². The van der Waals surface area contributed by atoms with Gasteiger partial charge in [-0.2, -0.15) is 5.26 Å². The highest BCUT2D eigenvalue weighted by molar-refractivity contribution is 5.74. The Morgan fingerprint density at radius 1 is 1.41 bits per heavy atom. The van der Waals surface area contributed by atoms with Gasteiger partial charge in [0.05, 0.1) is 11.6 Å². The molecular formula is C17H19FN2O2. The third kappa shape index (κ3) is 3.85. The molecule has 116 valence electrons. The second kappa shape index (κ2) is 6.18. The van der Waals surface area contributed by atoms with Crippen molar-refractivity contribution >= 4 is 11.7 Å². The highest BCUT2D eigenvalue weighted by Crippen LogP contribution is 2.26. The van der Waals surface area contributed by atoms with E-state index in [2.05, 4.69) is 0 Å². The molecule has 5 heteroatoms. The smallest absolute Gasteiger partial charge is 0.410 e. The van der Waals surface area contributed by atoms with E-state index in [9.17, 15) is 9.18 Å². The van der Waals surface area contributed by atoms with E-state index in [0.29, 0.717) is 25.1 Å². The minimum absolute atomic E-state index is 0.317. The van der Waals surface area contributed by atoms with Crippen molar-refractivity contribution in [1.82, 2.24) is 4.90 Å². The van der Waals surface area contributed by atoms with E-state index in [4.69, 9.17) is 10.00 Å².